The number of anilines is 1. The topological polar surface area (TPSA) is 92.4 Å². The van der Waals surface area contributed by atoms with Crippen molar-refractivity contribution in [2.45, 2.75) is 32.2 Å². The third-order valence-corrected chi connectivity index (χ3v) is 2.92. The van der Waals surface area contributed by atoms with E-state index in [1.807, 2.05) is 6.92 Å². The Hall–Kier alpha value is -1.59. The zero-order chi connectivity index (χ0) is 14.4. The smallest absolute Gasteiger partial charge is 0.335 e. The van der Waals surface area contributed by atoms with Crippen molar-refractivity contribution >= 4 is 29.2 Å². The van der Waals surface area contributed by atoms with Crippen LogP contribution >= 0.6 is 11.6 Å². The van der Waals surface area contributed by atoms with Crippen molar-refractivity contribution in [3.8, 4) is 0 Å². The summed E-state index contributed by atoms with van der Waals surface area (Å²) < 4.78 is 0. The molecule has 0 aliphatic heterocycles. The molecule has 0 heterocycles. The minimum Gasteiger partial charge on any atom is -0.478 e. The maximum absolute atomic E-state index is 11.7. The van der Waals surface area contributed by atoms with E-state index in [-0.39, 0.29) is 29.6 Å². The average Bonchev–Trinajstić information content (AvgIpc) is 2.31. The van der Waals surface area contributed by atoms with Crippen LogP contribution in [0.15, 0.2) is 18.2 Å². The highest BCUT2D eigenvalue weighted by Crippen LogP contribution is 2.23. The lowest BCUT2D eigenvalue weighted by molar-refractivity contribution is -0.116. The molecule has 1 aromatic rings. The van der Waals surface area contributed by atoms with E-state index in [4.69, 9.17) is 22.4 Å². The number of carboxylic acid groups (broad SMARTS) is 1. The zero-order valence-corrected chi connectivity index (χ0v) is 11.4. The van der Waals surface area contributed by atoms with Crippen LogP contribution in [0.4, 0.5) is 5.69 Å². The summed E-state index contributed by atoms with van der Waals surface area (Å²) >= 11 is 5.90. The number of carboxylic acids is 1. The molecular formula is C13H17ClN2O3. The summed E-state index contributed by atoms with van der Waals surface area (Å²) in [5.41, 5.74) is 6.12. The Labute approximate surface area is 116 Å². The predicted octanol–water partition coefficient (Wildman–Crippen LogP) is 2.49. The van der Waals surface area contributed by atoms with Crippen LogP contribution in [0.3, 0.4) is 0 Å². The summed E-state index contributed by atoms with van der Waals surface area (Å²) in [4.78, 5) is 22.6. The first-order valence-electron chi connectivity index (χ1n) is 6.02. The van der Waals surface area contributed by atoms with Gasteiger partial charge in [0.05, 0.1) is 16.3 Å². The van der Waals surface area contributed by atoms with Crippen LogP contribution in [0.5, 0.6) is 0 Å². The minimum atomic E-state index is -1.07. The van der Waals surface area contributed by atoms with Crippen LogP contribution in [-0.4, -0.2) is 23.0 Å². The molecule has 1 amide bonds. The van der Waals surface area contributed by atoms with Crippen LogP contribution in [0.2, 0.25) is 5.02 Å². The van der Waals surface area contributed by atoms with E-state index in [0.717, 1.165) is 12.8 Å². The number of carbonyl (C=O) groups excluding carboxylic acids is 1. The zero-order valence-electron chi connectivity index (χ0n) is 10.6. The van der Waals surface area contributed by atoms with Gasteiger partial charge < -0.3 is 16.2 Å². The fraction of sp³-hybridized carbons (Fsp3) is 0.385. The molecule has 0 spiro atoms. The van der Waals surface area contributed by atoms with Gasteiger partial charge in [-0.25, -0.2) is 4.79 Å². The van der Waals surface area contributed by atoms with Gasteiger partial charge in [-0.05, 0) is 24.6 Å². The van der Waals surface area contributed by atoms with Gasteiger partial charge in [0, 0.05) is 12.5 Å². The number of rotatable bonds is 6. The van der Waals surface area contributed by atoms with Crippen LogP contribution < -0.4 is 11.1 Å². The molecule has 6 heteroatoms. The molecule has 1 aromatic carbocycles. The first-order chi connectivity index (χ1) is 8.93. The molecule has 0 saturated heterocycles. The largest absolute Gasteiger partial charge is 0.478 e. The first kappa shape index (κ1) is 15.5. The van der Waals surface area contributed by atoms with Crippen LogP contribution in [0.1, 0.15) is 36.5 Å². The fourth-order valence-corrected chi connectivity index (χ4v) is 1.83. The first-order valence-corrected chi connectivity index (χ1v) is 6.40. The summed E-state index contributed by atoms with van der Waals surface area (Å²) in [5.74, 6) is -1.35. The SMILES string of the molecule is CCCC(N)CC(=O)Nc1cc(C(=O)O)ccc1Cl. The van der Waals surface area contributed by atoms with E-state index in [1.165, 1.54) is 18.2 Å². The number of nitrogens with one attached hydrogen (secondary N) is 1. The molecule has 1 unspecified atom stereocenters. The third-order valence-electron chi connectivity index (χ3n) is 2.59. The van der Waals surface area contributed by atoms with Crippen molar-refractivity contribution in [3.05, 3.63) is 28.8 Å². The van der Waals surface area contributed by atoms with Crippen molar-refractivity contribution < 1.29 is 14.7 Å². The average molecular weight is 285 g/mol. The number of benzene rings is 1. The van der Waals surface area contributed by atoms with Gasteiger partial charge in [0.25, 0.3) is 0 Å². The number of nitrogens with two attached hydrogens (primary N) is 1. The molecule has 0 radical (unpaired) electrons. The molecule has 0 fully saturated rings. The quantitative estimate of drug-likeness (QED) is 0.748. The van der Waals surface area contributed by atoms with Crippen molar-refractivity contribution in [2.24, 2.45) is 5.73 Å². The molecule has 1 rings (SSSR count). The number of carbonyl (C=O) groups is 2. The summed E-state index contributed by atoms with van der Waals surface area (Å²) in [5, 5.41) is 11.7. The highest BCUT2D eigenvalue weighted by molar-refractivity contribution is 6.33. The Morgan fingerprint density at radius 3 is 2.74 bits per heavy atom. The lowest BCUT2D eigenvalue weighted by Gasteiger charge is -2.12. The van der Waals surface area contributed by atoms with Gasteiger partial charge in [-0.1, -0.05) is 24.9 Å². The van der Waals surface area contributed by atoms with E-state index in [1.54, 1.807) is 0 Å². The Morgan fingerprint density at radius 1 is 1.47 bits per heavy atom. The second-order valence-corrected chi connectivity index (χ2v) is 4.71. The molecule has 0 aliphatic rings. The van der Waals surface area contributed by atoms with E-state index in [2.05, 4.69) is 5.32 Å². The molecule has 0 bridgehead atoms. The Kier molecular flexibility index (Phi) is 5.79. The molecule has 1 atom stereocenters. The number of amides is 1. The van der Waals surface area contributed by atoms with Gasteiger partial charge >= 0.3 is 5.97 Å². The van der Waals surface area contributed by atoms with Crippen molar-refractivity contribution in [2.75, 3.05) is 5.32 Å². The lowest BCUT2D eigenvalue weighted by atomic mass is 10.1. The summed E-state index contributed by atoms with van der Waals surface area (Å²) in [7, 11) is 0. The van der Waals surface area contributed by atoms with Crippen LogP contribution in [-0.2, 0) is 4.79 Å². The van der Waals surface area contributed by atoms with Crippen LogP contribution in [0.25, 0.3) is 0 Å². The molecule has 104 valence electrons. The molecule has 5 nitrogen and oxygen atoms in total. The van der Waals surface area contributed by atoms with E-state index < -0.39 is 5.97 Å². The van der Waals surface area contributed by atoms with Gasteiger partial charge in [-0.15, -0.1) is 0 Å². The van der Waals surface area contributed by atoms with Crippen LogP contribution in [0, 0.1) is 0 Å². The summed E-state index contributed by atoms with van der Waals surface area (Å²) in [6.07, 6.45) is 1.85. The lowest BCUT2D eigenvalue weighted by Crippen LogP contribution is -2.27. The highest BCUT2D eigenvalue weighted by Gasteiger charge is 2.12. The minimum absolute atomic E-state index is 0.0672. The van der Waals surface area contributed by atoms with Gasteiger partial charge in [0.2, 0.25) is 5.91 Å². The van der Waals surface area contributed by atoms with Crippen molar-refractivity contribution in [1.29, 1.82) is 0 Å². The van der Waals surface area contributed by atoms with Gasteiger partial charge in [0.15, 0.2) is 0 Å². The maximum Gasteiger partial charge on any atom is 0.335 e. The Bertz CT molecular complexity index is 477. The summed E-state index contributed by atoms with van der Waals surface area (Å²) in [6.45, 7) is 1.99. The highest BCUT2D eigenvalue weighted by atomic mass is 35.5. The van der Waals surface area contributed by atoms with Gasteiger partial charge in [-0.3, -0.25) is 4.79 Å². The molecular weight excluding hydrogens is 268 g/mol. The second-order valence-electron chi connectivity index (χ2n) is 4.30. The molecule has 0 saturated carbocycles. The monoisotopic (exact) mass is 284 g/mol. The van der Waals surface area contributed by atoms with E-state index >= 15 is 0 Å². The molecule has 0 aliphatic carbocycles. The molecule has 19 heavy (non-hydrogen) atoms. The van der Waals surface area contributed by atoms with Gasteiger partial charge in [0.1, 0.15) is 0 Å². The molecule has 0 aromatic heterocycles. The predicted molar refractivity (Wildman–Crippen MR) is 74.5 cm³/mol. The number of aromatic carboxylic acids is 1. The van der Waals surface area contributed by atoms with E-state index in [9.17, 15) is 9.59 Å². The number of hydrogen-bond donors (Lipinski definition) is 3. The second kappa shape index (κ2) is 7.11. The van der Waals surface area contributed by atoms with Gasteiger partial charge in [-0.2, -0.15) is 0 Å². The van der Waals surface area contributed by atoms with Crippen molar-refractivity contribution in [3.63, 3.8) is 0 Å². The fourth-order valence-electron chi connectivity index (χ4n) is 1.67. The Balaban J connectivity index is 2.73. The normalized spacial score (nSPS) is 11.9. The Morgan fingerprint density at radius 2 is 2.16 bits per heavy atom. The number of hydrogen-bond acceptors (Lipinski definition) is 3. The maximum atomic E-state index is 11.7. The summed E-state index contributed by atoms with van der Waals surface area (Å²) in [6, 6.07) is 3.94. The third kappa shape index (κ3) is 4.89. The van der Waals surface area contributed by atoms with Crippen molar-refractivity contribution in [1.82, 2.24) is 0 Å². The number of halogens is 1. The molecule has 4 N–H and O–H groups in total. The van der Waals surface area contributed by atoms with E-state index in [0.29, 0.717) is 5.02 Å². The standard InChI is InChI=1S/C13H17ClN2O3/c1-2-3-9(15)7-12(17)16-11-6-8(13(18)19)4-5-10(11)14/h4-6,9H,2-3,7,15H2,1H3,(H,16,17)(H,18,19).